The second kappa shape index (κ2) is 5.61. The van der Waals surface area contributed by atoms with Gasteiger partial charge in [-0.15, -0.1) is 0 Å². The highest BCUT2D eigenvalue weighted by atomic mass is 35.5. The van der Waals surface area contributed by atoms with Crippen molar-refractivity contribution in [2.45, 2.75) is 0 Å². The molecule has 0 spiro atoms. The molecule has 0 saturated heterocycles. The van der Waals surface area contributed by atoms with E-state index in [1.807, 2.05) is 0 Å². The molecule has 0 unspecified atom stereocenters. The van der Waals surface area contributed by atoms with Crippen LogP contribution >= 0.6 is 11.6 Å². The fourth-order valence-corrected chi connectivity index (χ4v) is 2.18. The Morgan fingerprint density at radius 1 is 1.14 bits per heavy atom. The summed E-state index contributed by atoms with van der Waals surface area (Å²) < 4.78 is 18.9. The summed E-state index contributed by atoms with van der Waals surface area (Å²) in [5.41, 5.74) is -0.736. The lowest BCUT2D eigenvalue weighted by molar-refractivity contribution is 0.102. The first-order chi connectivity index (χ1) is 10.6. The van der Waals surface area contributed by atoms with Crippen molar-refractivity contribution in [3.05, 3.63) is 75.4 Å². The maximum Gasteiger partial charge on any atom is 0.349 e. The van der Waals surface area contributed by atoms with Crippen molar-refractivity contribution in [1.29, 1.82) is 0 Å². The van der Waals surface area contributed by atoms with Crippen molar-refractivity contribution in [3.8, 4) is 0 Å². The molecule has 4 nitrogen and oxygen atoms in total. The van der Waals surface area contributed by atoms with Crippen molar-refractivity contribution < 1.29 is 13.6 Å². The van der Waals surface area contributed by atoms with Crippen LogP contribution in [-0.2, 0) is 0 Å². The number of halogens is 2. The molecule has 0 radical (unpaired) electrons. The first-order valence-corrected chi connectivity index (χ1v) is 6.72. The first-order valence-electron chi connectivity index (χ1n) is 6.34. The Labute approximate surface area is 129 Å². The lowest BCUT2D eigenvalue weighted by Crippen LogP contribution is -2.21. The summed E-state index contributed by atoms with van der Waals surface area (Å²) in [6, 6.07) is 12.4. The van der Waals surface area contributed by atoms with Crippen LogP contribution in [0.4, 0.5) is 10.1 Å². The van der Waals surface area contributed by atoms with Gasteiger partial charge in [-0.25, -0.2) is 9.18 Å². The van der Waals surface area contributed by atoms with Crippen molar-refractivity contribution in [1.82, 2.24) is 0 Å². The van der Waals surface area contributed by atoms with Crippen LogP contribution in [0.3, 0.4) is 0 Å². The van der Waals surface area contributed by atoms with E-state index in [-0.39, 0.29) is 16.3 Å². The summed E-state index contributed by atoms with van der Waals surface area (Å²) in [4.78, 5) is 24.0. The summed E-state index contributed by atoms with van der Waals surface area (Å²) in [6.45, 7) is 0. The molecule has 0 aliphatic carbocycles. The van der Waals surface area contributed by atoms with E-state index in [2.05, 4.69) is 5.32 Å². The van der Waals surface area contributed by atoms with Crippen LogP contribution in [0.15, 0.2) is 57.7 Å². The SMILES string of the molecule is O=C(Nc1cccc(Cl)c1F)c1cc2ccccc2oc1=O. The minimum absolute atomic E-state index is 0.106. The molecule has 3 aromatic rings. The van der Waals surface area contributed by atoms with E-state index in [0.717, 1.165) is 0 Å². The van der Waals surface area contributed by atoms with Crippen LogP contribution in [0, 0.1) is 5.82 Å². The predicted molar refractivity (Wildman–Crippen MR) is 81.8 cm³/mol. The zero-order valence-corrected chi connectivity index (χ0v) is 11.9. The smallest absolute Gasteiger partial charge is 0.349 e. The van der Waals surface area contributed by atoms with Gasteiger partial charge in [0.15, 0.2) is 5.82 Å². The number of carbonyl (C=O) groups is 1. The van der Waals surface area contributed by atoms with E-state index >= 15 is 0 Å². The standard InChI is InChI=1S/C16H9ClFNO3/c17-11-5-3-6-12(14(11)18)19-15(20)10-8-9-4-1-2-7-13(9)22-16(10)21/h1-8H,(H,19,20). The molecule has 1 aromatic heterocycles. The number of rotatable bonds is 2. The fraction of sp³-hybridized carbons (Fsp3) is 0. The van der Waals surface area contributed by atoms with Crippen LogP contribution in [0.25, 0.3) is 11.0 Å². The number of hydrogen-bond acceptors (Lipinski definition) is 3. The average Bonchev–Trinajstić information content (AvgIpc) is 2.51. The van der Waals surface area contributed by atoms with Gasteiger partial charge in [0, 0.05) is 5.39 Å². The Bertz CT molecular complexity index is 936. The Hall–Kier alpha value is -2.66. The van der Waals surface area contributed by atoms with Gasteiger partial charge in [-0.3, -0.25) is 4.79 Å². The Kier molecular flexibility index (Phi) is 3.65. The van der Waals surface area contributed by atoms with E-state index in [1.165, 1.54) is 24.3 Å². The van der Waals surface area contributed by atoms with Gasteiger partial charge in [0.05, 0.1) is 10.7 Å². The highest BCUT2D eigenvalue weighted by molar-refractivity contribution is 6.31. The van der Waals surface area contributed by atoms with Crippen LogP contribution in [0.2, 0.25) is 5.02 Å². The number of benzene rings is 2. The van der Waals surface area contributed by atoms with Gasteiger partial charge in [0.1, 0.15) is 11.1 Å². The van der Waals surface area contributed by atoms with Gasteiger partial charge in [-0.1, -0.05) is 35.9 Å². The topological polar surface area (TPSA) is 59.3 Å². The molecule has 0 bridgehead atoms. The maximum absolute atomic E-state index is 13.8. The van der Waals surface area contributed by atoms with E-state index in [9.17, 15) is 14.0 Å². The lowest BCUT2D eigenvalue weighted by atomic mass is 10.1. The van der Waals surface area contributed by atoms with E-state index < -0.39 is 17.3 Å². The summed E-state index contributed by atoms with van der Waals surface area (Å²) in [5.74, 6) is -1.52. The lowest BCUT2D eigenvalue weighted by Gasteiger charge is -2.07. The van der Waals surface area contributed by atoms with Gasteiger partial charge in [0.25, 0.3) is 5.91 Å². The molecule has 6 heteroatoms. The van der Waals surface area contributed by atoms with Gasteiger partial charge in [-0.05, 0) is 24.3 Å². The molecule has 0 aliphatic heterocycles. The average molecular weight is 318 g/mol. The van der Waals surface area contributed by atoms with E-state index in [4.69, 9.17) is 16.0 Å². The van der Waals surface area contributed by atoms with Crippen LogP contribution in [0.1, 0.15) is 10.4 Å². The fourth-order valence-electron chi connectivity index (χ4n) is 2.01. The molecule has 3 rings (SSSR count). The molecule has 0 aliphatic rings. The third kappa shape index (κ3) is 2.58. The number of hydrogen-bond donors (Lipinski definition) is 1. The highest BCUT2D eigenvalue weighted by Gasteiger charge is 2.16. The van der Waals surface area contributed by atoms with E-state index in [1.54, 1.807) is 24.3 Å². The maximum atomic E-state index is 13.8. The second-order valence-corrected chi connectivity index (χ2v) is 4.95. The van der Waals surface area contributed by atoms with Gasteiger partial charge in [-0.2, -0.15) is 0 Å². The zero-order valence-electron chi connectivity index (χ0n) is 11.1. The Morgan fingerprint density at radius 2 is 1.91 bits per heavy atom. The minimum Gasteiger partial charge on any atom is -0.422 e. The van der Waals surface area contributed by atoms with Crippen molar-refractivity contribution in [3.63, 3.8) is 0 Å². The molecular formula is C16H9ClFNO3. The molecule has 2 aromatic carbocycles. The molecule has 1 N–H and O–H groups in total. The predicted octanol–water partition coefficient (Wildman–Crippen LogP) is 3.84. The zero-order chi connectivity index (χ0) is 15.7. The van der Waals surface area contributed by atoms with Gasteiger partial charge >= 0.3 is 5.63 Å². The number of nitrogens with one attached hydrogen (secondary N) is 1. The molecule has 110 valence electrons. The van der Waals surface area contributed by atoms with Crippen LogP contribution < -0.4 is 10.9 Å². The number of para-hydroxylation sites is 1. The monoisotopic (exact) mass is 317 g/mol. The second-order valence-electron chi connectivity index (χ2n) is 4.54. The molecule has 0 atom stereocenters. The normalized spacial score (nSPS) is 10.6. The van der Waals surface area contributed by atoms with Crippen LogP contribution in [0.5, 0.6) is 0 Å². The van der Waals surface area contributed by atoms with Gasteiger partial charge < -0.3 is 9.73 Å². The Balaban J connectivity index is 2.00. The molecule has 0 fully saturated rings. The number of carbonyl (C=O) groups excluding carboxylic acids is 1. The third-order valence-electron chi connectivity index (χ3n) is 3.09. The minimum atomic E-state index is -0.793. The van der Waals surface area contributed by atoms with E-state index in [0.29, 0.717) is 11.0 Å². The molecule has 0 saturated carbocycles. The van der Waals surface area contributed by atoms with Crippen LogP contribution in [-0.4, -0.2) is 5.91 Å². The van der Waals surface area contributed by atoms with Crippen molar-refractivity contribution in [2.24, 2.45) is 0 Å². The summed E-state index contributed by atoms with van der Waals surface area (Å²) in [5, 5.41) is 2.79. The molecule has 22 heavy (non-hydrogen) atoms. The first kappa shape index (κ1) is 14.3. The third-order valence-corrected chi connectivity index (χ3v) is 3.38. The largest absolute Gasteiger partial charge is 0.422 e. The summed E-state index contributed by atoms with van der Waals surface area (Å²) >= 11 is 5.65. The van der Waals surface area contributed by atoms with Crippen molar-refractivity contribution >= 4 is 34.2 Å². The molecular weight excluding hydrogens is 309 g/mol. The summed E-state index contributed by atoms with van der Waals surface area (Å²) in [6.07, 6.45) is 0. The molecule has 1 heterocycles. The van der Waals surface area contributed by atoms with Crippen molar-refractivity contribution in [2.75, 3.05) is 5.32 Å². The highest BCUT2D eigenvalue weighted by Crippen LogP contribution is 2.22. The summed E-state index contributed by atoms with van der Waals surface area (Å²) in [7, 11) is 0. The quantitative estimate of drug-likeness (QED) is 0.731. The number of fused-ring (bicyclic) bond motifs is 1. The number of anilines is 1. The molecule has 1 amide bonds. The van der Waals surface area contributed by atoms with Gasteiger partial charge in [0.2, 0.25) is 0 Å². The number of amides is 1. The Morgan fingerprint density at radius 3 is 2.73 bits per heavy atom.